The van der Waals surface area contributed by atoms with Gasteiger partial charge in [0, 0.05) is 57.1 Å². The van der Waals surface area contributed by atoms with E-state index < -0.39 is 0 Å². The minimum Gasteiger partial charge on any atom is -0.341 e. The largest absolute Gasteiger partial charge is 0.341 e. The van der Waals surface area contributed by atoms with Gasteiger partial charge in [0.1, 0.15) is 6.33 Å². The number of carbonyl (C=O) groups excluding carboxylic acids is 2. The molecule has 2 aromatic heterocycles. The van der Waals surface area contributed by atoms with Crippen LogP contribution < -0.4 is 0 Å². The molecule has 0 aromatic carbocycles. The van der Waals surface area contributed by atoms with Crippen LogP contribution in [0.4, 0.5) is 0 Å². The van der Waals surface area contributed by atoms with Gasteiger partial charge in [-0.25, -0.2) is 9.50 Å². The molecule has 0 spiro atoms. The molecule has 0 bridgehead atoms. The Morgan fingerprint density at radius 2 is 1.69 bits per heavy atom. The van der Waals surface area contributed by atoms with E-state index in [4.69, 9.17) is 0 Å². The van der Waals surface area contributed by atoms with Gasteiger partial charge in [-0.3, -0.25) is 14.5 Å². The lowest BCUT2D eigenvalue weighted by Crippen LogP contribution is -2.53. The highest BCUT2D eigenvalue weighted by Crippen LogP contribution is 2.21. The maximum atomic E-state index is 12.8. The Bertz CT molecular complexity index is 970. The SMILES string of the molecule is Cc1nc2ncnn2c(C)c1CCC(=O)N1CCN(CC(=O)N2CC(C)CC(C)C2)CC1. The van der Waals surface area contributed by atoms with Gasteiger partial charge in [0.25, 0.3) is 5.78 Å². The Labute approximate surface area is 189 Å². The van der Waals surface area contributed by atoms with Crippen LogP contribution >= 0.6 is 0 Å². The zero-order chi connectivity index (χ0) is 22.8. The topological polar surface area (TPSA) is 86.9 Å². The molecule has 2 saturated heterocycles. The van der Waals surface area contributed by atoms with E-state index in [-0.39, 0.29) is 11.8 Å². The molecule has 2 amide bonds. The summed E-state index contributed by atoms with van der Waals surface area (Å²) in [6, 6.07) is 0. The number of likely N-dealkylation sites (tertiary alicyclic amines) is 1. The monoisotopic (exact) mass is 441 g/mol. The maximum absolute atomic E-state index is 12.8. The van der Waals surface area contributed by atoms with E-state index in [0.717, 1.165) is 43.1 Å². The summed E-state index contributed by atoms with van der Waals surface area (Å²) in [5.74, 6) is 2.13. The van der Waals surface area contributed by atoms with Crippen molar-refractivity contribution in [1.29, 1.82) is 0 Å². The van der Waals surface area contributed by atoms with Gasteiger partial charge < -0.3 is 9.80 Å². The van der Waals surface area contributed by atoms with Gasteiger partial charge in [0.2, 0.25) is 11.8 Å². The molecule has 2 aromatic rings. The number of aryl methyl sites for hydroxylation is 2. The molecule has 2 aliphatic rings. The van der Waals surface area contributed by atoms with Crippen LogP contribution in [-0.2, 0) is 16.0 Å². The number of carbonyl (C=O) groups is 2. The van der Waals surface area contributed by atoms with Crippen molar-refractivity contribution in [1.82, 2.24) is 34.3 Å². The van der Waals surface area contributed by atoms with E-state index in [0.29, 0.717) is 50.1 Å². The first kappa shape index (κ1) is 22.6. The molecule has 32 heavy (non-hydrogen) atoms. The van der Waals surface area contributed by atoms with E-state index in [1.54, 1.807) is 4.52 Å². The van der Waals surface area contributed by atoms with Crippen molar-refractivity contribution >= 4 is 17.6 Å². The van der Waals surface area contributed by atoms with Gasteiger partial charge in [0.05, 0.1) is 6.54 Å². The third-order valence-corrected chi connectivity index (χ3v) is 6.88. The second-order valence-corrected chi connectivity index (χ2v) is 9.63. The maximum Gasteiger partial charge on any atom is 0.252 e. The Balaban J connectivity index is 1.26. The van der Waals surface area contributed by atoms with Crippen molar-refractivity contribution in [3.8, 4) is 0 Å². The minimum atomic E-state index is 0.159. The third-order valence-electron chi connectivity index (χ3n) is 6.88. The van der Waals surface area contributed by atoms with Crippen molar-refractivity contribution < 1.29 is 9.59 Å². The van der Waals surface area contributed by atoms with E-state index in [2.05, 4.69) is 33.8 Å². The van der Waals surface area contributed by atoms with Crippen LogP contribution in [-0.4, -0.2) is 91.9 Å². The fourth-order valence-corrected chi connectivity index (χ4v) is 5.22. The van der Waals surface area contributed by atoms with Gasteiger partial charge in [-0.1, -0.05) is 13.8 Å². The van der Waals surface area contributed by atoms with Gasteiger partial charge in [-0.2, -0.15) is 10.1 Å². The molecule has 174 valence electrons. The number of amides is 2. The first-order valence-corrected chi connectivity index (χ1v) is 11.8. The Hall–Kier alpha value is -2.55. The summed E-state index contributed by atoms with van der Waals surface area (Å²) in [6.07, 6.45) is 3.79. The molecular formula is C23H35N7O2. The lowest BCUT2D eigenvalue weighted by Gasteiger charge is -2.38. The molecule has 9 nitrogen and oxygen atoms in total. The number of aromatic nitrogens is 4. The highest BCUT2D eigenvalue weighted by molar-refractivity contribution is 5.79. The Kier molecular flexibility index (Phi) is 6.74. The van der Waals surface area contributed by atoms with Crippen molar-refractivity contribution in [2.75, 3.05) is 45.8 Å². The van der Waals surface area contributed by atoms with Gasteiger partial charge in [0.15, 0.2) is 0 Å². The summed E-state index contributed by atoms with van der Waals surface area (Å²) >= 11 is 0. The standard InChI is InChI=1S/C23H35N7O2/c1-16-11-17(2)13-29(12-16)22(32)14-27-7-9-28(10-8-27)21(31)6-5-20-18(3)26-23-24-15-25-30(23)19(20)4/h15-17H,5-14H2,1-4H3. The summed E-state index contributed by atoms with van der Waals surface area (Å²) in [7, 11) is 0. The van der Waals surface area contributed by atoms with Crippen LogP contribution in [0.5, 0.6) is 0 Å². The lowest BCUT2D eigenvalue weighted by atomic mass is 9.92. The van der Waals surface area contributed by atoms with Crippen LogP contribution in [0.25, 0.3) is 5.78 Å². The summed E-state index contributed by atoms with van der Waals surface area (Å²) in [6.45, 7) is 13.5. The smallest absolute Gasteiger partial charge is 0.252 e. The fourth-order valence-electron chi connectivity index (χ4n) is 5.22. The quantitative estimate of drug-likeness (QED) is 0.696. The molecule has 2 unspecified atom stereocenters. The van der Waals surface area contributed by atoms with E-state index >= 15 is 0 Å². The Morgan fingerprint density at radius 3 is 2.38 bits per heavy atom. The van der Waals surface area contributed by atoms with Crippen LogP contribution in [0, 0.1) is 25.7 Å². The molecule has 0 aliphatic carbocycles. The van der Waals surface area contributed by atoms with Crippen molar-refractivity contribution in [2.24, 2.45) is 11.8 Å². The highest BCUT2D eigenvalue weighted by Gasteiger charge is 2.28. The van der Waals surface area contributed by atoms with Crippen LogP contribution in [0.2, 0.25) is 0 Å². The average molecular weight is 442 g/mol. The van der Waals surface area contributed by atoms with Crippen LogP contribution in [0.1, 0.15) is 43.6 Å². The summed E-state index contributed by atoms with van der Waals surface area (Å²) in [4.78, 5) is 40.4. The number of fused-ring (bicyclic) bond motifs is 1. The molecular weight excluding hydrogens is 406 g/mol. The molecule has 0 radical (unpaired) electrons. The molecule has 4 heterocycles. The van der Waals surface area contributed by atoms with Gasteiger partial charge >= 0.3 is 0 Å². The second kappa shape index (κ2) is 9.52. The first-order chi connectivity index (χ1) is 15.3. The number of piperidine rings is 1. The zero-order valence-electron chi connectivity index (χ0n) is 19.8. The van der Waals surface area contributed by atoms with E-state index in [9.17, 15) is 9.59 Å². The predicted octanol–water partition coefficient (Wildman–Crippen LogP) is 1.32. The van der Waals surface area contributed by atoms with Crippen molar-refractivity contribution in [3.05, 3.63) is 23.3 Å². The molecule has 2 fully saturated rings. The fraction of sp³-hybridized carbons (Fsp3) is 0.696. The van der Waals surface area contributed by atoms with Crippen molar-refractivity contribution in [2.45, 2.75) is 47.0 Å². The number of hydrogen-bond acceptors (Lipinski definition) is 6. The van der Waals surface area contributed by atoms with Gasteiger partial charge in [-0.05, 0) is 44.1 Å². The normalized spacial score (nSPS) is 22.5. The molecule has 0 N–H and O–H groups in total. The molecule has 4 rings (SSSR count). The summed E-state index contributed by atoms with van der Waals surface area (Å²) < 4.78 is 1.73. The number of rotatable bonds is 5. The third kappa shape index (κ3) is 4.92. The summed E-state index contributed by atoms with van der Waals surface area (Å²) in [5, 5.41) is 4.22. The number of hydrogen-bond donors (Lipinski definition) is 0. The minimum absolute atomic E-state index is 0.159. The first-order valence-electron chi connectivity index (χ1n) is 11.8. The highest BCUT2D eigenvalue weighted by atomic mass is 16.2. The van der Waals surface area contributed by atoms with Gasteiger partial charge in [-0.15, -0.1) is 0 Å². The van der Waals surface area contributed by atoms with E-state index in [1.165, 1.54) is 12.7 Å². The molecule has 0 saturated carbocycles. The number of piperazine rings is 1. The molecule has 9 heteroatoms. The zero-order valence-corrected chi connectivity index (χ0v) is 19.8. The average Bonchev–Trinajstić information content (AvgIpc) is 3.22. The summed E-state index contributed by atoms with van der Waals surface area (Å²) in [5.41, 5.74) is 2.95. The Morgan fingerprint density at radius 1 is 1.00 bits per heavy atom. The van der Waals surface area contributed by atoms with Crippen molar-refractivity contribution in [3.63, 3.8) is 0 Å². The van der Waals surface area contributed by atoms with Crippen LogP contribution in [0.15, 0.2) is 6.33 Å². The lowest BCUT2D eigenvalue weighted by molar-refractivity contribution is -0.136. The number of nitrogens with zero attached hydrogens (tertiary/aromatic N) is 7. The van der Waals surface area contributed by atoms with E-state index in [1.807, 2.05) is 23.6 Å². The predicted molar refractivity (Wildman–Crippen MR) is 121 cm³/mol. The molecule has 2 atom stereocenters. The molecule has 2 aliphatic heterocycles. The van der Waals surface area contributed by atoms with Crippen LogP contribution in [0.3, 0.4) is 0 Å². The second-order valence-electron chi connectivity index (χ2n) is 9.63.